The van der Waals surface area contributed by atoms with Crippen molar-refractivity contribution in [2.45, 2.75) is 0 Å². The maximum absolute atomic E-state index is 12.3. The first kappa shape index (κ1) is 15.6. The van der Waals surface area contributed by atoms with E-state index < -0.39 is 5.97 Å². The van der Waals surface area contributed by atoms with Crippen LogP contribution in [0.15, 0.2) is 48.7 Å². The predicted octanol–water partition coefficient (Wildman–Crippen LogP) is 4.51. The standard InChI is InChI=1S/C17H11Cl2NO3/c18-12-5-3-6-13(19)16(12)17(22)23-9-15(21)11-8-20-14-7-2-1-4-10(11)14/h1-8,20H,9H2. The van der Waals surface area contributed by atoms with Crippen molar-refractivity contribution in [3.05, 3.63) is 69.8 Å². The topological polar surface area (TPSA) is 59.2 Å². The van der Waals surface area contributed by atoms with Crippen molar-refractivity contribution in [2.24, 2.45) is 0 Å². The third kappa shape index (κ3) is 3.09. The molecule has 0 spiro atoms. The number of H-pyrrole nitrogens is 1. The van der Waals surface area contributed by atoms with Gasteiger partial charge in [0.1, 0.15) is 0 Å². The second kappa shape index (κ2) is 6.44. The van der Waals surface area contributed by atoms with E-state index in [1.54, 1.807) is 12.3 Å². The minimum atomic E-state index is -0.728. The molecule has 0 radical (unpaired) electrons. The van der Waals surface area contributed by atoms with Gasteiger partial charge in [-0.1, -0.05) is 47.5 Å². The summed E-state index contributed by atoms with van der Waals surface area (Å²) in [6.45, 7) is -0.387. The molecule has 0 saturated heterocycles. The van der Waals surface area contributed by atoms with Crippen molar-refractivity contribution in [3.63, 3.8) is 0 Å². The van der Waals surface area contributed by atoms with Crippen molar-refractivity contribution < 1.29 is 14.3 Å². The van der Waals surface area contributed by atoms with Crippen LogP contribution in [0.25, 0.3) is 10.9 Å². The molecular formula is C17H11Cl2NO3. The number of halogens is 2. The second-order valence-electron chi connectivity index (χ2n) is 4.84. The summed E-state index contributed by atoms with van der Waals surface area (Å²) >= 11 is 11.9. The third-order valence-corrected chi connectivity index (χ3v) is 4.02. The molecule has 3 rings (SSSR count). The number of fused-ring (bicyclic) bond motifs is 1. The normalized spacial score (nSPS) is 10.7. The molecule has 0 aliphatic heterocycles. The quantitative estimate of drug-likeness (QED) is 0.557. The highest BCUT2D eigenvalue weighted by molar-refractivity contribution is 6.39. The zero-order valence-electron chi connectivity index (χ0n) is 11.8. The molecule has 3 aromatic rings. The molecule has 0 amide bonds. The van der Waals surface area contributed by atoms with E-state index in [9.17, 15) is 9.59 Å². The van der Waals surface area contributed by atoms with Crippen molar-refractivity contribution in [2.75, 3.05) is 6.61 Å². The number of hydrogen-bond donors (Lipinski definition) is 1. The lowest BCUT2D eigenvalue weighted by Gasteiger charge is -2.07. The van der Waals surface area contributed by atoms with Crippen LogP contribution in [0.1, 0.15) is 20.7 Å². The number of para-hydroxylation sites is 1. The van der Waals surface area contributed by atoms with Gasteiger partial charge in [0.2, 0.25) is 5.78 Å². The van der Waals surface area contributed by atoms with Crippen molar-refractivity contribution in [3.8, 4) is 0 Å². The van der Waals surface area contributed by atoms with Gasteiger partial charge in [-0.15, -0.1) is 0 Å². The Labute approximate surface area is 142 Å². The Morgan fingerprint density at radius 2 is 1.70 bits per heavy atom. The van der Waals surface area contributed by atoms with Crippen LogP contribution in [0.5, 0.6) is 0 Å². The number of ketones is 1. The van der Waals surface area contributed by atoms with Crippen LogP contribution in [0.3, 0.4) is 0 Å². The molecule has 116 valence electrons. The van der Waals surface area contributed by atoms with Gasteiger partial charge in [-0.25, -0.2) is 4.79 Å². The van der Waals surface area contributed by atoms with Crippen molar-refractivity contribution in [1.82, 2.24) is 4.98 Å². The SMILES string of the molecule is O=C(OCC(=O)c1c[nH]c2ccccc12)c1c(Cl)cccc1Cl. The number of aromatic nitrogens is 1. The zero-order valence-corrected chi connectivity index (χ0v) is 13.3. The Hall–Kier alpha value is -2.30. The Morgan fingerprint density at radius 3 is 2.43 bits per heavy atom. The summed E-state index contributed by atoms with van der Waals surface area (Å²) in [6, 6.07) is 12.1. The third-order valence-electron chi connectivity index (χ3n) is 3.39. The molecule has 4 nitrogen and oxygen atoms in total. The number of nitrogens with one attached hydrogen (secondary N) is 1. The largest absolute Gasteiger partial charge is 0.454 e. The number of aromatic amines is 1. The Morgan fingerprint density at radius 1 is 1.00 bits per heavy atom. The van der Waals surface area contributed by atoms with E-state index in [1.807, 2.05) is 24.3 Å². The molecule has 0 aliphatic rings. The smallest absolute Gasteiger partial charge is 0.341 e. The number of carbonyl (C=O) groups is 2. The molecule has 0 fully saturated rings. The van der Waals surface area contributed by atoms with Crippen molar-refractivity contribution >= 4 is 45.9 Å². The van der Waals surface area contributed by atoms with E-state index in [2.05, 4.69) is 4.98 Å². The lowest BCUT2D eigenvalue weighted by atomic mass is 10.1. The van der Waals surface area contributed by atoms with Gasteiger partial charge in [0.05, 0.1) is 15.6 Å². The first-order valence-electron chi connectivity index (χ1n) is 6.78. The fraction of sp³-hybridized carbons (Fsp3) is 0.0588. The number of rotatable bonds is 4. The Bertz CT molecular complexity index is 881. The van der Waals surface area contributed by atoms with E-state index in [-0.39, 0.29) is 28.0 Å². The molecule has 0 atom stereocenters. The van der Waals surface area contributed by atoms with Gasteiger partial charge in [-0.3, -0.25) is 4.79 Å². The van der Waals surface area contributed by atoms with Gasteiger partial charge in [0.25, 0.3) is 0 Å². The number of carbonyl (C=O) groups excluding carboxylic acids is 2. The van der Waals surface area contributed by atoms with Crippen LogP contribution in [0.2, 0.25) is 10.0 Å². The lowest BCUT2D eigenvalue weighted by molar-refractivity contribution is 0.0475. The lowest BCUT2D eigenvalue weighted by Crippen LogP contribution is -2.14. The molecule has 0 aliphatic carbocycles. The van der Waals surface area contributed by atoms with Crippen LogP contribution in [-0.4, -0.2) is 23.3 Å². The van der Waals surface area contributed by atoms with Gasteiger partial charge in [0.15, 0.2) is 6.61 Å². The summed E-state index contributed by atoms with van der Waals surface area (Å²) < 4.78 is 5.05. The van der Waals surface area contributed by atoms with Gasteiger partial charge in [-0.2, -0.15) is 0 Å². The molecule has 0 bridgehead atoms. The number of esters is 1. The molecule has 1 aromatic heterocycles. The van der Waals surface area contributed by atoms with E-state index in [0.29, 0.717) is 5.56 Å². The molecule has 2 aromatic carbocycles. The molecular weight excluding hydrogens is 337 g/mol. The molecule has 0 unspecified atom stereocenters. The summed E-state index contributed by atoms with van der Waals surface area (Å²) in [6.07, 6.45) is 1.60. The Kier molecular flexibility index (Phi) is 4.37. The highest BCUT2D eigenvalue weighted by Crippen LogP contribution is 2.25. The van der Waals surface area contributed by atoms with Gasteiger partial charge in [0, 0.05) is 22.7 Å². The summed E-state index contributed by atoms with van der Waals surface area (Å²) in [4.78, 5) is 27.3. The maximum atomic E-state index is 12.3. The first-order chi connectivity index (χ1) is 11.1. The molecule has 23 heavy (non-hydrogen) atoms. The average molecular weight is 348 g/mol. The highest BCUT2D eigenvalue weighted by atomic mass is 35.5. The van der Waals surface area contributed by atoms with Gasteiger partial charge >= 0.3 is 5.97 Å². The van der Waals surface area contributed by atoms with Crippen molar-refractivity contribution in [1.29, 1.82) is 0 Å². The zero-order chi connectivity index (χ0) is 16.4. The minimum absolute atomic E-state index is 0.0579. The monoisotopic (exact) mass is 347 g/mol. The molecule has 6 heteroatoms. The minimum Gasteiger partial charge on any atom is -0.454 e. The van der Waals surface area contributed by atoms with Gasteiger partial charge < -0.3 is 9.72 Å². The van der Waals surface area contributed by atoms with E-state index in [0.717, 1.165) is 10.9 Å². The first-order valence-corrected chi connectivity index (χ1v) is 7.54. The summed E-state index contributed by atoms with van der Waals surface area (Å²) in [5.74, 6) is -1.03. The van der Waals surface area contributed by atoms with E-state index >= 15 is 0 Å². The fourth-order valence-electron chi connectivity index (χ4n) is 2.28. The van der Waals surface area contributed by atoms with Gasteiger partial charge in [-0.05, 0) is 18.2 Å². The molecule has 1 N–H and O–H groups in total. The summed E-state index contributed by atoms with van der Waals surface area (Å²) in [7, 11) is 0. The number of hydrogen-bond acceptors (Lipinski definition) is 3. The highest BCUT2D eigenvalue weighted by Gasteiger charge is 2.19. The van der Waals surface area contributed by atoms with E-state index in [1.165, 1.54) is 12.1 Å². The maximum Gasteiger partial charge on any atom is 0.341 e. The van der Waals surface area contributed by atoms with Crippen LogP contribution in [0.4, 0.5) is 0 Å². The van der Waals surface area contributed by atoms with E-state index in [4.69, 9.17) is 27.9 Å². The molecule has 1 heterocycles. The van der Waals surface area contributed by atoms with Crippen LogP contribution >= 0.6 is 23.2 Å². The molecule has 0 saturated carbocycles. The summed E-state index contributed by atoms with van der Waals surface area (Å²) in [5, 5.41) is 1.15. The van der Waals surface area contributed by atoms with Crippen LogP contribution in [0, 0.1) is 0 Å². The summed E-state index contributed by atoms with van der Waals surface area (Å²) in [5.41, 5.74) is 1.37. The predicted molar refractivity (Wildman–Crippen MR) is 89.4 cm³/mol. The van der Waals surface area contributed by atoms with Crippen LogP contribution < -0.4 is 0 Å². The van der Waals surface area contributed by atoms with Crippen LogP contribution in [-0.2, 0) is 4.74 Å². The number of Topliss-reactive ketones (excluding diaryl/α,β-unsaturated/α-hetero) is 1. The number of ether oxygens (including phenoxy) is 1. The second-order valence-corrected chi connectivity index (χ2v) is 5.66. The number of benzene rings is 2. The fourth-order valence-corrected chi connectivity index (χ4v) is 2.83. The Balaban J connectivity index is 1.75. The average Bonchev–Trinajstić information content (AvgIpc) is 2.96.